The zero-order chi connectivity index (χ0) is 7.28. The first-order valence-electron chi connectivity index (χ1n) is 3.62. The lowest BCUT2D eigenvalue weighted by Gasteiger charge is -2.12. The van der Waals surface area contributed by atoms with E-state index in [1.807, 2.05) is 0 Å². The van der Waals surface area contributed by atoms with E-state index in [2.05, 4.69) is 20.8 Å². The van der Waals surface area contributed by atoms with Crippen molar-refractivity contribution in [3.63, 3.8) is 0 Å². The summed E-state index contributed by atoms with van der Waals surface area (Å²) in [5.74, 6) is 1.40. The fourth-order valence-electron chi connectivity index (χ4n) is 0.664. The van der Waals surface area contributed by atoms with Gasteiger partial charge in [-0.05, 0) is 18.3 Å². The van der Waals surface area contributed by atoms with Crippen LogP contribution in [0.25, 0.3) is 0 Å². The fraction of sp³-hybridized carbons (Fsp3) is 0.875. The number of aldehydes is 1. The normalized spacial score (nSPS) is 13.8. The van der Waals surface area contributed by atoms with Crippen LogP contribution in [0.5, 0.6) is 0 Å². The molecule has 0 aliphatic rings. The summed E-state index contributed by atoms with van der Waals surface area (Å²) in [6.45, 7) is 6.57. The topological polar surface area (TPSA) is 17.1 Å². The molecule has 0 rings (SSSR count). The van der Waals surface area contributed by atoms with Gasteiger partial charge in [0.15, 0.2) is 0 Å². The van der Waals surface area contributed by atoms with E-state index in [-0.39, 0.29) is 0 Å². The molecule has 0 bridgehead atoms. The number of carbonyl (C=O) groups excluding carboxylic acids is 1. The Balaban J connectivity index is 3.26. The molecule has 0 fully saturated rings. The van der Waals surface area contributed by atoms with Gasteiger partial charge in [0, 0.05) is 6.42 Å². The zero-order valence-corrected chi connectivity index (χ0v) is 6.55. The summed E-state index contributed by atoms with van der Waals surface area (Å²) in [6.07, 6.45) is 2.76. The molecule has 1 unspecified atom stereocenters. The van der Waals surface area contributed by atoms with Gasteiger partial charge < -0.3 is 4.79 Å². The fourth-order valence-corrected chi connectivity index (χ4v) is 0.664. The van der Waals surface area contributed by atoms with Gasteiger partial charge in [0.25, 0.3) is 0 Å². The van der Waals surface area contributed by atoms with Gasteiger partial charge in [-0.15, -0.1) is 0 Å². The molecule has 1 atom stereocenters. The van der Waals surface area contributed by atoms with Gasteiger partial charge in [-0.2, -0.15) is 0 Å². The molecule has 0 N–H and O–H groups in total. The first kappa shape index (κ1) is 8.67. The molecular weight excluding hydrogens is 112 g/mol. The number of rotatable bonds is 4. The van der Waals surface area contributed by atoms with E-state index >= 15 is 0 Å². The molecule has 0 amide bonds. The Hall–Kier alpha value is -0.330. The lowest BCUT2D eigenvalue weighted by molar-refractivity contribution is -0.108. The van der Waals surface area contributed by atoms with Crippen LogP contribution in [0.15, 0.2) is 0 Å². The highest BCUT2D eigenvalue weighted by Crippen LogP contribution is 2.14. The van der Waals surface area contributed by atoms with Crippen LogP contribution in [-0.2, 0) is 4.79 Å². The van der Waals surface area contributed by atoms with Gasteiger partial charge in [0.05, 0.1) is 0 Å². The lowest BCUT2D eigenvalue weighted by atomic mass is 9.94. The Labute approximate surface area is 57.5 Å². The molecule has 54 valence electrons. The van der Waals surface area contributed by atoms with Crippen molar-refractivity contribution in [2.45, 2.75) is 33.6 Å². The molecular formula is C8H16O. The molecule has 1 heteroatoms. The van der Waals surface area contributed by atoms with Crippen LogP contribution >= 0.6 is 0 Å². The van der Waals surface area contributed by atoms with E-state index in [0.29, 0.717) is 11.8 Å². The summed E-state index contributed by atoms with van der Waals surface area (Å²) in [5.41, 5.74) is 0. The maximum atomic E-state index is 9.93. The second kappa shape index (κ2) is 4.54. The van der Waals surface area contributed by atoms with Crippen molar-refractivity contribution < 1.29 is 4.79 Å². The quantitative estimate of drug-likeness (QED) is 0.531. The van der Waals surface area contributed by atoms with Crippen molar-refractivity contribution in [1.82, 2.24) is 0 Å². The van der Waals surface area contributed by atoms with E-state index in [1.165, 1.54) is 0 Å². The van der Waals surface area contributed by atoms with E-state index in [1.54, 1.807) is 0 Å². The van der Waals surface area contributed by atoms with Crippen molar-refractivity contribution in [3.8, 4) is 0 Å². The number of carbonyl (C=O) groups is 1. The predicted molar refractivity (Wildman–Crippen MR) is 39.3 cm³/mol. The molecule has 0 aliphatic heterocycles. The van der Waals surface area contributed by atoms with Crippen LogP contribution in [0.3, 0.4) is 0 Å². The third kappa shape index (κ3) is 4.19. The van der Waals surface area contributed by atoms with Crippen molar-refractivity contribution in [3.05, 3.63) is 0 Å². The van der Waals surface area contributed by atoms with Gasteiger partial charge in [0.2, 0.25) is 0 Å². The Kier molecular flexibility index (Phi) is 4.37. The molecule has 0 heterocycles. The SMILES string of the molecule is CC(C)C(C)CCC=O. The van der Waals surface area contributed by atoms with Crippen LogP contribution in [0.2, 0.25) is 0 Å². The van der Waals surface area contributed by atoms with E-state index in [4.69, 9.17) is 0 Å². The molecule has 0 aliphatic carbocycles. The number of hydrogen-bond donors (Lipinski definition) is 0. The summed E-state index contributed by atoms with van der Waals surface area (Å²) in [6, 6.07) is 0. The summed E-state index contributed by atoms with van der Waals surface area (Å²) in [4.78, 5) is 9.93. The Bertz CT molecular complexity index is 76.6. The molecule has 0 radical (unpaired) electrons. The van der Waals surface area contributed by atoms with E-state index < -0.39 is 0 Å². The maximum Gasteiger partial charge on any atom is 0.120 e. The molecule has 0 saturated carbocycles. The Morgan fingerprint density at radius 3 is 2.22 bits per heavy atom. The minimum Gasteiger partial charge on any atom is -0.303 e. The second-order valence-corrected chi connectivity index (χ2v) is 2.97. The van der Waals surface area contributed by atoms with Crippen LogP contribution < -0.4 is 0 Å². The predicted octanol–water partition coefficient (Wildman–Crippen LogP) is 2.26. The van der Waals surface area contributed by atoms with Gasteiger partial charge >= 0.3 is 0 Å². The molecule has 1 nitrogen and oxygen atoms in total. The van der Waals surface area contributed by atoms with Crippen molar-refractivity contribution in [2.75, 3.05) is 0 Å². The highest BCUT2D eigenvalue weighted by molar-refractivity contribution is 5.49. The number of hydrogen-bond acceptors (Lipinski definition) is 1. The summed E-state index contributed by atoms with van der Waals surface area (Å²) >= 11 is 0. The summed E-state index contributed by atoms with van der Waals surface area (Å²) in [5, 5.41) is 0. The monoisotopic (exact) mass is 128 g/mol. The molecule has 0 aromatic heterocycles. The molecule has 0 aromatic rings. The highest BCUT2D eigenvalue weighted by Gasteiger charge is 2.04. The standard InChI is InChI=1S/C8H16O/c1-7(2)8(3)5-4-6-9/h6-8H,4-5H2,1-3H3. The van der Waals surface area contributed by atoms with Gasteiger partial charge in [-0.25, -0.2) is 0 Å². The third-order valence-electron chi connectivity index (χ3n) is 1.88. The average molecular weight is 128 g/mol. The minimum absolute atomic E-state index is 0.690. The van der Waals surface area contributed by atoms with Crippen molar-refractivity contribution in [2.24, 2.45) is 11.8 Å². The van der Waals surface area contributed by atoms with Crippen LogP contribution in [-0.4, -0.2) is 6.29 Å². The van der Waals surface area contributed by atoms with Crippen molar-refractivity contribution in [1.29, 1.82) is 0 Å². The first-order valence-corrected chi connectivity index (χ1v) is 3.62. The first-order chi connectivity index (χ1) is 4.18. The highest BCUT2D eigenvalue weighted by atomic mass is 16.1. The summed E-state index contributed by atoms with van der Waals surface area (Å²) in [7, 11) is 0. The van der Waals surface area contributed by atoms with Gasteiger partial charge in [0.1, 0.15) is 6.29 Å². The lowest BCUT2D eigenvalue weighted by Crippen LogP contribution is -2.03. The third-order valence-corrected chi connectivity index (χ3v) is 1.88. The van der Waals surface area contributed by atoms with E-state index in [9.17, 15) is 4.79 Å². The van der Waals surface area contributed by atoms with Gasteiger partial charge in [-0.3, -0.25) is 0 Å². The summed E-state index contributed by atoms with van der Waals surface area (Å²) < 4.78 is 0. The smallest absolute Gasteiger partial charge is 0.120 e. The minimum atomic E-state index is 0.690. The van der Waals surface area contributed by atoms with Crippen molar-refractivity contribution >= 4 is 6.29 Å². The Morgan fingerprint density at radius 1 is 1.33 bits per heavy atom. The Morgan fingerprint density at radius 2 is 1.89 bits per heavy atom. The van der Waals surface area contributed by atoms with Crippen LogP contribution in [0.1, 0.15) is 33.6 Å². The second-order valence-electron chi connectivity index (χ2n) is 2.97. The van der Waals surface area contributed by atoms with Crippen LogP contribution in [0.4, 0.5) is 0 Å². The van der Waals surface area contributed by atoms with Crippen LogP contribution in [0, 0.1) is 11.8 Å². The molecule has 0 aromatic carbocycles. The van der Waals surface area contributed by atoms with E-state index in [0.717, 1.165) is 19.1 Å². The maximum absolute atomic E-state index is 9.93. The average Bonchev–Trinajstić information content (AvgIpc) is 1.82. The zero-order valence-electron chi connectivity index (χ0n) is 6.55. The molecule has 0 saturated heterocycles. The largest absolute Gasteiger partial charge is 0.303 e. The van der Waals surface area contributed by atoms with Gasteiger partial charge in [-0.1, -0.05) is 20.8 Å². The molecule has 0 spiro atoms. The molecule has 9 heavy (non-hydrogen) atoms.